The summed E-state index contributed by atoms with van der Waals surface area (Å²) >= 11 is 3.22. The molecule has 0 saturated carbocycles. The molecule has 8 heteroatoms. The molecule has 0 unspecified atom stereocenters. The van der Waals surface area contributed by atoms with Crippen molar-refractivity contribution in [2.75, 3.05) is 5.32 Å². The number of anilines is 2. The fourth-order valence-electron chi connectivity index (χ4n) is 2.40. The number of nitrogens with zero attached hydrogens (tertiary/aromatic N) is 4. The minimum Gasteiger partial charge on any atom is -0.360 e. The highest BCUT2D eigenvalue weighted by Crippen LogP contribution is 2.34. The van der Waals surface area contributed by atoms with E-state index < -0.39 is 0 Å². The molecule has 0 aliphatic rings. The minimum atomic E-state index is 0.533. The van der Waals surface area contributed by atoms with E-state index in [4.69, 9.17) is 4.52 Å². The summed E-state index contributed by atoms with van der Waals surface area (Å²) in [5, 5.41) is 11.2. The first kappa shape index (κ1) is 16.7. The third kappa shape index (κ3) is 3.76. The fourth-order valence-corrected chi connectivity index (χ4v) is 4.07. The van der Waals surface area contributed by atoms with Crippen molar-refractivity contribution in [3.8, 4) is 11.3 Å². The molecule has 0 bridgehead atoms. The van der Waals surface area contributed by atoms with E-state index in [-0.39, 0.29) is 0 Å². The first-order valence-electron chi connectivity index (χ1n) is 7.92. The molecule has 3 aromatic heterocycles. The predicted molar refractivity (Wildman–Crippen MR) is 104 cm³/mol. The van der Waals surface area contributed by atoms with Gasteiger partial charge >= 0.3 is 0 Å². The van der Waals surface area contributed by atoms with Crippen LogP contribution in [0.3, 0.4) is 0 Å². The number of thioether (sulfide) groups is 1. The van der Waals surface area contributed by atoms with Crippen molar-refractivity contribution in [2.24, 2.45) is 0 Å². The maximum atomic E-state index is 5.41. The second kappa shape index (κ2) is 7.67. The molecule has 0 saturated heterocycles. The highest BCUT2D eigenvalue weighted by Gasteiger charge is 2.18. The summed E-state index contributed by atoms with van der Waals surface area (Å²) in [6.07, 6.45) is 3.54. The van der Waals surface area contributed by atoms with Crippen LogP contribution in [0.2, 0.25) is 0 Å². The molecule has 0 radical (unpaired) electrons. The molecule has 0 fully saturated rings. The molecule has 0 aliphatic carbocycles. The molecule has 0 spiro atoms. The van der Waals surface area contributed by atoms with E-state index >= 15 is 0 Å². The van der Waals surface area contributed by atoms with E-state index in [9.17, 15) is 0 Å². The van der Waals surface area contributed by atoms with E-state index in [1.165, 1.54) is 0 Å². The molecule has 1 N–H and O–H groups in total. The quantitative estimate of drug-likeness (QED) is 0.474. The first-order chi connectivity index (χ1) is 12.8. The summed E-state index contributed by atoms with van der Waals surface area (Å²) in [6.45, 7) is 1.89. The van der Waals surface area contributed by atoms with E-state index in [0.29, 0.717) is 5.95 Å². The highest BCUT2D eigenvalue weighted by molar-refractivity contribution is 7.98. The molecule has 1 aromatic carbocycles. The van der Waals surface area contributed by atoms with Gasteiger partial charge in [0, 0.05) is 23.5 Å². The van der Waals surface area contributed by atoms with Crippen LogP contribution in [0.5, 0.6) is 0 Å². The van der Waals surface area contributed by atoms with Gasteiger partial charge in [-0.3, -0.25) is 0 Å². The van der Waals surface area contributed by atoms with Gasteiger partial charge in [0.05, 0.1) is 17.0 Å². The van der Waals surface area contributed by atoms with Crippen LogP contribution < -0.4 is 5.32 Å². The Labute approximate surface area is 158 Å². The van der Waals surface area contributed by atoms with Gasteiger partial charge in [0.25, 0.3) is 0 Å². The van der Waals surface area contributed by atoms with Gasteiger partial charge < -0.3 is 9.84 Å². The van der Waals surface area contributed by atoms with Crippen molar-refractivity contribution in [3.05, 3.63) is 64.9 Å². The van der Waals surface area contributed by atoms with Gasteiger partial charge in [0.15, 0.2) is 0 Å². The van der Waals surface area contributed by atoms with Crippen LogP contribution in [0.4, 0.5) is 11.6 Å². The minimum absolute atomic E-state index is 0.533. The van der Waals surface area contributed by atoms with E-state index in [0.717, 1.165) is 38.5 Å². The molecule has 4 rings (SSSR count). The number of benzene rings is 1. The van der Waals surface area contributed by atoms with Gasteiger partial charge in [-0.25, -0.2) is 15.0 Å². The summed E-state index contributed by atoms with van der Waals surface area (Å²) in [5.74, 6) is 2.01. The molecule has 130 valence electrons. The third-order valence-electron chi connectivity index (χ3n) is 3.59. The second-order valence-electron chi connectivity index (χ2n) is 5.39. The molecule has 0 amide bonds. The van der Waals surface area contributed by atoms with Crippen LogP contribution >= 0.6 is 23.1 Å². The van der Waals surface area contributed by atoms with Crippen LogP contribution in [-0.2, 0) is 5.75 Å². The van der Waals surface area contributed by atoms with Gasteiger partial charge in [-0.05, 0) is 25.1 Å². The van der Waals surface area contributed by atoms with Crippen LogP contribution in [0.1, 0.15) is 10.8 Å². The lowest BCUT2D eigenvalue weighted by atomic mass is 10.2. The maximum Gasteiger partial charge on any atom is 0.227 e. The van der Waals surface area contributed by atoms with Crippen molar-refractivity contribution in [1.82, 2.24) is 20.1 Å². The summed E-state index contributed by atoms with van der Waals surface area (Å²) in [6, 6.07) is 11.7. The zero-order valence-electron chi connectivity index (χ0n) is 13.9. The van der Waals surface area contributed by atoms with Gasteiger partial charge in [-0.2, -0.15) is 0 Å². The Morgan fingerprint density at radius 2 is 2.00 bits per heavy atom. The summed E-state index contributed by atoms with van der Waals surface area (Å²) in [5.41, 5.74) is 2.61. The Kier molecular flexibility index (Phi) is 4.94. The molecule has 0 aliphatic heterocycles. The van der Waals surface area contributed by atoms with Crippen molar-refractivity contribution >= 4 is 34.7 Å². The second-order valence-corrected chi connectivity index (χ2v) is 7.33. The molecule has 26 heavy (non-hydrogen) atoms. The lowest BCUT2D eigenvalue weighted by Gasteiger charge is -2.06. The molecular weight excluding hydrogens is 366 g/mol. The van der Waals surface area contributed by atoms with E-state index in [1.54, 1.807) is 29.3 Å². The number of para-hydroxylation sites is 1. The number of hydrogen-bond donors (Lipinski definition) is 1. The number of rotatable bonds is 6. The predicted octanol–water partition coefficient (Wildman–Crippen LogP) is 4.93. The zero-order chi connectivity index (χ0) is 17.8. The lowest BCUT2D eigenvalue weighted by molar-refractivity contribution is 0.384. The number of hydrogen-bond acceptors (Lipinski definition) is 8. The van der Waals surface area contributed by atoms with Crippen molar-refractivity contribution in [3.63, 3.8) is 0 Å². The molecule has 3 heterocycles. The Morgan fingerprint density at radius 3 is 2.81 bits per heavy atom. The summed E-state index contributed by atoms with van der Waals surface area (Å²) < 4.78 is 5.41. The standard InChI is InChI=1S/C18H15N5OS2/c1-12-16(17(23-24-12)26-11-15-19-9-10-25-15)14-7-8-20-18(22-14)21-13-5-3-2-4-6-13/h2-10H,11H2,1H3,(H,20,21,22). The topological polar surface area (TPSA) is 76.7 Å². The van der Waals surface area contributed by atoms with Gasteiger partial charge in [0.1, 0.15) is 15.8 Å². The Bertz CT molecular complexity index is 986. The Balaban J connectivity index is 1.59. The van der Waals surface area contributed by atoms with Crippen LogP contribution in [-0.4, -0.2) is 20.1 Å². The zero-order valence-corrected chi connectivity index (χ0v) is 15.5. The average molecular weight is 381 g/mol. The Morgan fingerprint density at radius 1 is 1.12 bits per heavy atom. The average Bonchev–Trinajstić information content (AvgIpc) is 3.30. The number of aromatic nitrogens is 4. The molecule has 0 atom stereocenters. The number of thiazole rings is 1. The fraction of sp³-hybridized carbons (Fsp3) is 0.111. The molecule has 6 nitrogen and oxygen atoms in total. The molecular formula is C18H15N5OS2. The monoisotopic (exact) mass is 381 g/mol. The maximum absolute atomic E-state index is 5.41. The first-order valence-corrected chi connectivity index (χ1v) is 9.79. The van der Waals surface area contributed by atoms with E-state index in [2.05, 4.69) is 25.4 Å². The van der Waals surface area contributed by atoms with Gasteiger partial charge in [0.2, 0.25) is 5.95 Å². The van der Waals surface area contributed by atoms with Crippen LogP contribution in [0.25, 0.3) is 11.3 Å². The summed E-state index contributed by atoms with van der Waals surface area (Å²) in [7, 11) is 0. The van der Waals surface area contributed by atoms with Crippen LogP contribution in [0.15, 0.2) is 63.7 Å². The van der Waals surface area contributed by atoms with Gasteiger partial charge in [-0.15, -0.1) is 11.3 Å². The normalized spacial score (nSPS) is 10.8. The van der Waals surface area contributed by atoms with Crippen molar-refractivity contribution in [2.45, 2.75) is 17.7 Å². The largest absolute Gasteiger partial charge is 0.360 e. The highest BCUT2D eigenvalue weighted by atomic mass is 32.2. The third-order valence-corrected chi connectivity index (χ3v) is 5.52. The summed E-state index contributed by atoms with van der Waals surface area (Å²) in [4.78, 5) is 13.2. The van der Waals surface area contributed by atoms with E-state index in [1.807, 2.05) is 54.9 Å². The smallest absolute Gasteiger partial charge is 0.227 e. The number of aryl methyl sites for hydroxylation is 1. The lowest BCUT2D eigenvalue weighted by Crippen LogP contribution is -1.98. The van der Waals surface area contributed by atoms with Crippen LogP contribution in [0, 0.1) is 6.92 Å². The Hall–Kier alpha value is -2.71. The SMILES string of the molecule is Cc1onc(SCc2nccs2)c1-c1ccnc(Nc2ccccc2)n1. The molecule has 4 aromatic rings. The van der Waals surface area contributed by atoms with Crippen molar-refractivity contribution in [1.29, 1.82) is 0 Å². The van der Waals surface area contributed by atoms with Crippen molar-refractivity contribution < 1.29 is 4.52 Å². The number of nitrogens with one attached hydrogen (secondary N) is 1. The van der Waals surface area contributed by atoms with Gasteiger partial charge in [-0.1, -0.05) is 35.1 Å².